The lowest BCUT2D eigenvalue weighted by molar-refractivity contribution is -0.122. The monoisotopic (exact) mass is 378 g/mol. The fourth-order valence-corrected chi connectivity index (χ4v) is 3.99. The van der Waals surface area contributed by atoms with Crippen molar-refractivity contribution in [3.63, 3.8) is 0 Å². The molecule has 0 saturated carbocycles. The highest BCUT2D eigenvalue weighted by atomic mass is 16.2. The van der Waals surface area contributed by atoms with Gasteiger partial charge in [-0.15, -0.1) is 0 Å². The molecule has 0 N–H and O–H groups in total. The Bertz CT molecular complexity index is 744. The largest absolute Gasteiger partial charge is 0.309 e. The molecular weight excluding hydrogens is 344 g/mol. The molecule has 1 fully saturated rings. The van der Waals surface area contributed by atoms with Crippen LogP contribution < -0.4 is 4.90 Å². The maximum absolute atomic E-state index is 12.9. The quantitative estimate of drug-likeness (QED) is 0.666. The number of hydrogen-bond acceptors (Lipinski definition) is 2. The number of anilines is 1. The lowest BCUT2D eigenvalue weighted by atomic mass is 9.99. The van der Waals surface area contributed by atoms with Gasteiger partial charge in [0.2, 0.25) is 5.91 Å². The summed E-state index contributed by atoms with van der Waals surface area (Å²) in [6.07, 6.45) is 2.05. The summed E-state index contributed by atoms with van der Waals surface area (Å²) in [6.45, 7) is 11.5. The van der Waals surface area contributed by atoms with Crippen molar-refractivity contribution in [2.45, 2.75) is 59.0 Å². The fourth-order valence-electron chi connectivity index (χ4n) is 3.99. The Labute approximate surface area is 170 Å². The molecule has 0 radical (unpaired) electrons. The van der Waals surface area contributed by atoms with Gasteiger partial charge in [-0.1, -0.05) is 70.2 Å². The minimum absolute atomic E-state index is 0.0118. The Balaban J connectivity index is 1.63. The van der Waals surface area contributed by atoms with Gasteiger partial charge in [-0.25, -0.2) is 0 Å². The van der Waals surface area contributed by atoms with Crippen LogP contribution in [0.25, 0.3) is 0 Å². The summed E-state index contributed by atoms with van der Waals surface area (Å²) < 4.78 is 0. The summed E-state index contributed by atoms with van der Waals surface area (Å²) in [5.74, 6) is 0.818. The minimum Gasteiger partial charge on any atom is -0.309 e. The van der Waals surface area contributed by atoms with Crippen LogP contribution >= 0.6 is 0 Å². The number of piperidine rings is 1. The number of hydrogen-bond donors (Lipinski definition) is 0. The van der Waals surface area contributed by atoms with E-state index < -0.39 is 0 Å². The molecule has 0 aliphatic carbocycles. The summed E-state index contributed by atoms with van der Waals surface area (Å²) in [5, 5.41) is 0. The second-order valence-corrected chi connectivity index (χ2v) is 8.60. The molecule has 1 aliphatic heterocycles. The Morgan fingerprint density at radius 2 is 1.57 bits per heavy atom. The maximum atomic E-state index is 12.9. The third-order valence-electron chi connectivity index (χ3n) is 5.74. The summed E-state index contributed by atoms with van der Waals surface area (Å²) in [6, 6.07) is 19.5. The Kier molecular flexibility index (Phi) is 6.90. The SMILES string of the molecule is CC(C)C(=O)N(c1ccccc1)C1CCN(Cc2ccc(C(C)C)cc2)CC1. The molecule has 1 aliphatic rings. The molecule has 2 aromatic rings. The van der Waals surface area contributed by atoms with Crippen LogP contribution in [0.1, 0.15) is 57.6 Å². The van der Waals surface area contributed by atoms with Gasteiger partial charge in [0, 0.05) is 37.3 Å². The average Bonchev–Trinajstić information content (AvgIpc) is 2.70. The maximum Gasteiger partial charge on any atom is 0.229 e. The molecule has 0 spiro atoms. The molecule has 0 atom stereocenters. The van der Waals surface area contributed by atoms with Crippen LogP contribution in [0.5, 0.6) is 0 Å². The van der Waals surface area contributed by atoms with E-state index in [0.717, 1.165) is 38.2 Å². The van der Waals surface area contributed by atoms with Crippen LogP contribution in [-0.2, 0) is 11.3 Å². The molecule has 0 bridgehead atoms. The van der Waals surface area contributed by atoms with Crippen molar-refractivity contribution in [1.29, 1.82) is 0 Å². The minimum atomic E-state index is 0.0118. The first kappa shape index (κ1) is 20.6. The highest BCUT2D eigenvalue weighted by molar-refractivity contribution is 5.95. The standard InChI is InChI=1S/C25H34N2O/c1-19(2)22-12-10-21(11-13-22)18-26-16-14-24(15-17-26)27(25(28)20(3)4)23-8-6-5-7-9-23/h5-13,19-20,24H,14-18H2,1-4H3. The molecule has 2 aromatic carbocycles. The van der Waals surface area contributed by atoms with Gasteiger partial charge in [0.05, 0.1) is 0 Å². The molecule has 3 nitrogen and oxygen atoms in total. The zero-order valence-electron chi connectivity index (χ0n) is 17.8. The van der Waals surface area contributed by atoms with Crippen molar-refractivity contribution >= 4 is 11.6 Å². The van der Waals surface area contributed by atoms with E-state index in [9.17, 15) is 4.79 Å². The van der Waals surface area contributed by atoms with Gasteiger partial charge in [-0.05, 0) is 42.0 Å². The van der Waals surface area contributed by atoms with E-state index in [-0.39, 0.29) is 17.9 Å². The topological polar surface area (TPSA) is 23.6 Å². The highest BCUT2D eigenvalue weighted by Gasteiger charge is 2.30. The summed E-state index contributed by atoms with van der Waals surface area (Å²) in [7, 11) is 0. The number of benzene rings is 2. The van der Waals surface area contributed by atoms with E-state index in [4.69, 9.17) is 0 Å². The number of carbonyl (C=O) groups is 1. The number of para-hydroxylation sites is 1. The number of carbonyl (C=O) groups excluding carboxylic acids is 1. The third-order valence-corrected chi connectivity index (χ3v) is 5.74. The van der Waals surface area contributed by atoms with E-state index in [0.29, 0.717) is 5.92 Å². The zero-order valence-corrected chi connectivity index (χ0v) is 17.8. The predicted molar refractivity (Wildman–Crippen MR) is 118 cm³/mol. The summed E-state index contributed by atoms with van der Waals surface area (Å²) in [5.41, 5.74) is 3.80. The predicted octanol–water partition coefficient (Wildman–Crippen LogP) is 5.46. The van der Waals surface area contributed by atoms with Crippen molar-refractivity contribution in [1.82, 2.24) is 4.90 Å². The molecule has 150 valence electrons. The van der Waals surface area contributed by atoms with Crippen LogP contribution in [0.3, 0.4) is 0 Å². The van der Waals surface area contributed by atoms with Crippen LogP contribution in [0.4, 0.5) is 5.69 Å². The molecular formula is C25H34N2O. The molecule has 3 rings (SSSR count). The third kappa shape index (κ3) is 5.02. The number of rotatable bonds is 6. The van der Waals surface area contributed by atoms with Crippen molar-refractivity contribution in [3.8, 4) is 0 Å². The Morgan fingerprint density at radius 1 is 0.964 bits per heavy atom. The van der Waals surface area contributed by atoms with Crippen LogP contribution in [0.15, 0.2) is 54.6 Å². The molecule has 0 aromatic heterocycles. The molecule has 3 heteroatoms. The van der Waals surface area contributed by atoms with E-state index in [1.54, 1.807) is 0 Å². The van der Waals surface area contributed by atoms with Crippen molar-refractivity contribution in [2.75, 3.05) is 18.0 Å². The normalized spacial score (nSPS) is 15.9. The number of likely N-dealkylation sites (tertiary alicyclic amines) is 1. The van der Waals surface area contributed by atoms with Gasteiger partial charge in [0.15, 0.2) is 0 Å². The van der Waals surface area contributed by atoms with Gasteiger partial charge in [0.1, 0.15) is 0 Å². The van der Waals surface area contributed by atoms with E-state index in [1.807, 2.05) is 32.0 Å². The second kappa shape index (κ2) is 9.38. The Morgan fingerprint density at radius 3 is 2.11 bits per heavy atom. The molecule has 0 unspecified atom stereocenters. The van der Waals surface area contributed by atoms with Gasteiger partial charge >= 0.3 is 0 Å². The van der Waals surface area contributed by atoms with Crippen molar-refractivity contribution in [2.24, 2.45) is 5.92 Å². The number of nitrogens with zero attached hydrogens (tertiary/aromatic N) is 2. The average molecular weight is 379 g/mol. The zero-order chi connectivity index (χ0) is 20.1. The van der Waals surface area contributed by atoms with E-state index in [2.05, 4.69) is 60.0 Å². The van der Waals surface area contributed by atoms with Gasteiger partial charge in [0.25, 0.3) is 0 Å². The molecule has 1 heterocycles. The van der Waals surface area contributed by atoms with Crippen molar-refractivity contribution in [3.05, 3.63) is 65.7 Å². The van der Waals surface area contributed by atoms with Crippen LogP contribution in [-0.4, -0.2) is 29.9 Å². The summed E-state index contributed by atoms with van der Waals surface area (Å²) >= 11 is 0. The van der Waals surface area contributed by atoms with Crippen LogP contribution in [0.2, 0.25) is 0 Å². The lowest BCUT2D eigenvalue weighted by Crippen LogP contribution is -2.48. The smallest absolute Gasteiger partial charge is 0.229 e. The Hall–Kier alpha value is -2.13. The van der Waals surface area contributed by atoms with Gasteiger partial charge in [-0.2, -0.15) is 0 Å². The van der Waals surface area contributed by atoms with Gasteiger partial charge < -0.3 is 4.90 Å². The number of amides is 1. The van der Waals surface area contributed by atoms with Crippen LogP contribution in [0, 0.1) is 5.92 Å². The summed E-state index contributed by atoms with van der Waals surface area (Å²) in [4.78, 5) is 17.5. The first-order valence-electron chi connectivity index (χ1n) is 10.6. The first-order valence-corrected chi connectivity index (χ1v) is 10.6. The molecule has 1 saturated heterocycles. The van der Waals surface area contributed by atoms with E-state index >= 15 is 0 Å². The van der Waals surface area contributed by atoms with Crippen molar-refractivity contribution < 1.29 is 4.79 Å². The lowest BCUT2D eigenvalue weighted by Gasteiger charge is -2.39. The molecule has 28 heavy (non-hydrogen) atoms. The van der Waals surface area contributed by atoms with Gasteiger partial charge in [-0.3, -0.25) is 9.69 Å². The van der Waals surface area contributed by atoms with E-state index in [1.165, 1.54) is 11.1 Å². The molecule has 1 amide bonds. The first-order chi connectivity index (χ1) is 13.5. The highest BCUT2D eigenvalue weighted by Crippen LogP contribution is 2.26. The fraction of sp³-hybridized carbons (Fsp3) is 0.480. The second-order valence-electron chi connectivity index (χ2n) is 8.60.